The van der Waals surface area contributed by atoms with E-state index >= 15 is 0 Å². The Hall–Kier alpha value is -2.87. The van der Waals surface area contributed by atoms with E-state index in [9.17, 15) is 10.1 Å². The summed E-state index contributed by atoms with van der Waals surface area (Å²) in [5, 5.41) is 11.1. The molecular weight excluding hydrogens is 274 g/mol. The molecule has 0 aliphatic rings. The third-order valence-corrected chi connectivity index (χ3v) is 2.98. The first-order chi connectivity index (χ1) is 10.1. The number of nitrogens with two attached hydrogens (primary N) is 1. The first kappa shape index (κ1) is 14.5. The number of hydrazine groups is 1. The van der Waals surface area contributed by atoms with Crippen molar-refractivity contribution in [1.82, 2.24) is 4.98 Å². The van der Waals surface area contributed by atoms with Crippen LogP contribution in [0.2, 0.25) is 0 Å². The quantitative estimate of drug-likeness (QED) is 0.493. The molecule has 2 aromatic rings. The highest BCUT2D eigenvalue weighted by molar-refractivity contribution is 5.69. The van der Waals surface area contributed by atoms with Gasteiger partial charge in [0.15, 0.2) is 0 Å². The van der Waals surface area contributed by atoms with E-state index in [1.165, 1.54) is 12.1 Å². The Morgan fingerprint density at radius 2 is 1.95 bits per heavy atom. The number of benzene rings is 1. The van der Waals surface area contributed by atoms with E-state index in [1.807, 2.05) is 0 Å². The highest BCUT2D eigenvalue weighted by Crippen LogP contribution is 2.32. The number of nitrogen functional groups attached to an aromatic ring is 1. The lowest BCUT2D eigenvalue weighted by molar-refractivity contribution is -0.384. The van der Waals surface area contributed by atoms with Crippen LogP contribution in [0.3, 0.4) is 0 Å². The van der Waals surface area contributed by atoms with E-state index in [2.05, 4.69) is 10.4 Å². The van der Waals surface area contributed by atoms with Gasteiger partial charge in [-0.3, -0.25) is 10.1 Å². The number of aromatic nitrogens is 1. The second kappa shape index (κ2) is 6.06. The van der Waals surface area contributed by atoms with E-state index in [1.54, 1.807) is 43.3 Å². The van der Waals surface area contributed by atoms with Gasteiger partial charge >= 0.3 is 5.69 Å². The predicted octanol–water partition coefficient (Wildman–Crippen LogP) is 2.05. The molecule has 0 radical (unpaired) electrons. The van der Waals surface area contributed by atoms with Crippen LogP contribution in [0, 0.1) is 10.1 Å². The summed E-state index contributed by atoms with van der Waals surface area (Å²) in [5.74, 6) is 6.54. The molecule has 0 saturated carbocycles. The van der Waals surface area contributed by atoms with Gasteiger partial charge in [0, 0.05) is 18.8 Å². The molecule has 0 amide bonds. The molecule has 1 aromatic heterocycles. The molecule has 0 aliphatic heterocycles. The van der Waals surface area contributed by atoms with Gasteiger partial charge in [0.2, 0.25) is 5.82 Å². The van der Waals surface area contributed by atoms with Gasteiger partial charge in [0.1, 0.15) is 11.6 Å². The standard InChI is InChI=1S/C13H15N5O3/c1-17(9-3-5-10(21-2)6-4-9)13-11(18(19)20)7-8-12(15-13)16-14/h3-8H,14H2,1-2H3,(H,15,16). The summed E-state index contributed by atoms with van der Waals surface area (Å²) in [6.45, 7) is 0. The molecule has 2 rings (SSSR count). The number of hydrogen-bond acceptors (Lipinski definition) is 7. The number of rotatable bonds is 5. The minimum atomic E-state index is -0.483. The summed E-state index contributed by atoms with van der Waals surface area (Å²) < 4.78 is 5.08. The fourth-order valence-corrected chi connectivity index (χ4v) is 1.84. The van der Waals surface area contributed by atoms with Crippen LogP contribution in [0.25, 0.3) is 0 Å². The Kier molecular flexibility index (Phi) is 4.19. The highest BCUT2D eigenvalue weighted by Gasteiger charge is 2.20. The van der Waals surface area contributed by atoms with Crippen molar-refractivity contribution in [3.05, 3.63) is 46.5 Å². The maximum Gasteiger partial charge on any atom is 0.312 e. The molecule has 0 aliphatic carbocycles. The summed E-state index contributed by atoms with van der Waals surface area (Å²) >= 11 is 0. The van der Waals surface area contributed by atoms with Crippen molar-refractivity contribution < 1.29 is 9.66 Å². The van der Waals surface area contributed by atoms with Gasteiger partial charge in [-0.2, -0.15) is 0 Å². The molecular formula is C13H15N5O3. The average Bonchev–Trinajstić information content (AvgIpc) is 2.53. The van der Waals surface area contributed by atoms with Crippen LogP contribution in [-0.4, -0.2) is 24.1 Å². The SMILES string of the molecule is COc1ccc(N(C)c2nc(NN)ccc2[N+](=O)[O-])cc1. The Labute approximate surface area is 121 Å². The zero-order valence-corrected chi connectivity index (χ0v) is 11.6. The smallest absolute Gasteiger partial charge is 0.312 e. The maximum absolute atomic E-state index is 11.1. The molecule has 1 aromatic carbocycles. The van der Waals surface area contributed by atoms with Crippen molar-refractivity contribution in [3.63, 3.8) is 0 Å². The minimum Gasteiger partial charge on any atom is -0.497 e. The number of ether oxygens (including phenoxy) is 1. The molecule has 0 saturated heterocycles. The highest BCUT2D eigenvalue weighted by atomic mass is 16.6. The molecule has 0 unspecified atom stereocenters. The van der Waals surface area contributed by atoms with E-state index in [0.29, 0.717) is 11.6 Å². The van der Waals surface area contributed by atoms with Crippen LogP contribution in [-0.2, 0) is 0 Å². The van der Waals surface area contributed by atoms with Crippen LogP contribution < -0.4 is 20.9 Å². The monoisotopic (exact) mass is 289 g/mol. The van der Waals surface area contributed by atoms with Crippen LogP contribution in [0.1, 0.15) is 0 Å². The maximum atomic E-state index is 11.1. The van der Waals surface area contributed by atoms with Crippen molar-refractivity contribution in [2.24, 2.45) is 5.84 Å². The molecule has 0 spiro atoms. The summed E-state index contributed by atoms with van der Waals surface area (Å²) in [7, 11) is 3.26. The van der Waals surface area contributed by atoms with Crippen LogP contribution >= 0.6 is 0 Å². The van der Waals surface area contributed by atoms with Crippen molar-refractivity contribution >= 4 is 23.0 Å². The molecule has 0 bridgehead atoms. The second-order valence-electron chi connectivity index (χ2n) is 4.20. The summed E-state index contributed by atoms with van der Waals surface area (Å²) in [6.07, 6.45) is 0. The number of methoxy groups -OCH3 is 1. The molecule has 110 valence electrons. The van der Waals surface area contributed by atoms with Crippen LogP contribution in [0.15, 0.2) is 36.4 Å². The largest absolute Gasteiger partial charge is 0.497 e. The van der Waals surface area contributed by atoms with E-state index in [0.717, 1.165) is 5.69 Å². The normalized spacial score (nSPS) is 10.0. The summed E-state index contributed by atoms with van der Waals surface area (Å²) in [4.78, 5) is 16.4. The zero-order chi connectivity index (χ0) is 15.4. The van der Waals surface area contributed by atoms with E-state index in [-0.39, 0.29) is 11.5 Å². The fraction of sp³-hybridized carbons (Fsp3) is 0.154. The van der Waals surface area contributed by atoms with Crippen molar-refractivity contribution in [3.8, 4) is 5.75 Å². The molecule has 8 heteroatoms. The average molecular weight is 289 g/mol. The fourth-order valence-electron chi connectivity index (χ4n) is 1.84. The molecule has 0 fully saturated rings. The first-order valence-electron chi connectivity index (χ1n) is 6.06. The lowest BCUT2D eigenvalue weighted by atomic mass is 10.2. The van der Waals surface area contributed by atoms with E-state index in [4.69, 9.17) is 10.6 Å². The number of nitrogens with zero attached hydrogens (tertiary/aromatic N) is 3. The van der Waals surface area contributed by atoms with Crippen molar-refractivity contribution in [2.45, 2.75) is 0 Å². The number of pyridine rings is 1. The zero-order valence-electron chi connectivity index (χ0n) is 11.6. The third-order valence-electron chi connectivity index (χ3n) is 2.98. The van der Waals surface area contributed by atoms with E-state index < -0.39 is 4.92 Å². The lowest BCUT2D eigenvalue weighted by Gasteiger charge is -2.19. The minimum absolute atomic E-state index is 0.104. The summed E-state index contributed by atoms with van der Waals surface area (Å²) in [5.41, 5.74) is 3.01. The molecule has 3 N–H and O–H groups in total. The molecule has 8 nitrogen and oxygen atoms in total. The van der Waals surface area contributed by atoms with Crippen LogP contribution in [0.5, 0.6) is 5.75 Å². The number of hydrogen-bond donors (Lipinski definition) is 2. The molecule has 0 atom stereocenters. The predicted molar refractivity (Wildman–Crippen MR) is 79.8 cm³/mol. The van der Waals surface area contributed by atoms with Gasteiger partial charge in [0.25, 0.3) is 0 Å². The number of anilines is 3. The Morgan fingerprint density at radius 1 is 1.29 bits per heavy atom. The second-order valence-corrected chi connectivity index (χ2v) is 4.20. The van der Waals surface area contributed by atoms with Crippen molar-refractivity contribution in [2.75, 3.05) is 24.5 Å². The lowest BCUT2D eigenvalue weighted by Crippen LogP contribution is -2.16. The Morgan fingerprint density at radius 3 is 2.48 bits per heavy atom. The molecule has 21 heavy (non-hydrogen) atoms. The third kappa shape index (κ3) is 3.00. The van der Waals surface area contributed by atoms with Gasteiger partial charge < -0.3 is 15.1 Å². The first-order valence-corrected chi connectivity index (χ1v) is 6.06. The van der Waals surface area contributed by atoms with Gasteiger partial charge in [0.05, 0.1) is 12.0 Å². The van der Waals surface area contributed by atoms with Gasteiger partial charge in [-0.05, 0) is 30.3 Å². The number of nitro groups is 1. The van der Waals surface area contributed by atoms with Gasteiger partial charge in [-0.15, -0.1) is 0 Å². The topological polar surface area (TPSA) is 107 Å². The van der Waals surface area contributed by atoms with Gasteiger partial charge in [-0.25, -0.2) is 10.8 Å². The van der Waals surface area contributed by atoms with Crippen molar-refractivity contribution in [1.29, 1.82) is 0 Å². The van der Waals surface area contributed by atoms with Gasteiger partial charge in [-0.1, -0.05) is 0 Å². The number of nitrogens with one attached hydrogen (secondary N) is 1. The summed E-state index contributed by atoms with van der Waals surface area (Å²) in [6, 6.07) is 9.91. The van der Waals surface area contributed by atoms with Crippen LogP contribution in [0.4, 0.5) is 23.0 Å². The Bertz CT molecular complexity index is 645. The molecule has 1 heterocycles. The Balaban J connectivity index is 2.44.